The number of H-pyrrole nitrogens is 1. The van der Waals surface area contributed by atoms with Crippen molar-refractivity contribution in [2.45, 2.75) is 39.2 Å². The molecule has 0 saturated heterocycles. The SMILES string of the molecule is CC(C)c1nc(C(=O)NC(C)(C)c2nccs2)n[nH]1. The summed E-state index contributed by atoms with van der Waals surface area (Å²) in [5, 5.41) is 12.3. The number of carbonyl (C=O) groups is 1. The number of carbonyl (C=O) groups excluding carboxylic acids is 1. The van der Waals surface area contributed by atoms with E-state index in [1.54, 1.807) is 6.20 Å². The molecule has 7 heteroatoms. The van der Waals surface area contributed by atoms with Gasteiger partial charge in [0.05, 0.1) is 5.54 Å². The predicted octanol–water partition coefficient (Wildman–Crippen LogP) is 2.05. The van der Waals surface area contributed by atoms with Gasteiger partial charge in [0.2, 0.25) is 5.82 Å². The Labute approximate surface area is 115 Å². The first-order valence-corrected chi connectivity index (χ1v) is 6.93. The summed E-state index contributed by atoms with van der Waals surface area (Å²) < 4.78 is 0. The number of amides is 1. The van der Waals surface area contributed by atoms with Crippen LogP contribution in [0.15, 0.2) is 11.6 Å². The molecule has 0 aromatic carbocycles. The van der Waals surface area contributed by atoms with E-state index >= 15 is 0 Å². The Morgan fingerprint density at radius 1 is 1.47 bits per heavy atom. The minimum Gasteiger partial charge on any atom is -0.338 e. The van der Waals surface area contributed by atoms with Crippen molar-refractivity contribution in [3.63, 3.8) is 0 Å². The maximum absolute atomic E-state index is 12.1. The van der Waals surface area contributed by atoms with Gasteiger partial charge in [-0.1, -0.05) is 13.8 Å². The van der Waals surface area contributed by atoms with Gasteiger partial charge in [0.1, 0.15) is 10.8 Å². The summed E-state index contributed by atoms with van der Waals surface area (Å²) in [7, 11) is 0. The summed E-state index contributed by atoms with van der Waals surface area (Å²) in [5.74, 6) is 0.773. The lowest BCUT2D eigenvalue weighted by molar-refractivity contribution is 0.0901. The number of thiazole rings is 1. The zero-order valence-corrected chi connectivity index (χ0v) is 12.2. The van der Waals surface area contributed by atoms with E-state index in [9.17, 15) is 4.79 Å². The molecule has 0 aliphatic heterocycles. The molecule has 0 fully saturated rings. The normalized spacial score (nSPS) is 11.8. The average molecular weight is 279 g/mol. The highest BCUT2D eigenvalue weighted by atomic mass is 32.1. The van der Waals surface area contributed by atoms with Crippen LogP contribution >= 0.6 is 11.3 Å². The number of aromatic nitrogens is 4. The standard InChI is InChI=1S/C12H17N5OS/c1-7(2)8-14-9(17-16-8)10(18)15-12(3,4)11-13-5-6-19-11/h5-7H,1-4H3,(H,15,18)(H,14,16,17). The van der Waals surface area contributed by atoms with E-state index in [0.29, 0.717) is 5.82 Å². The lowest BCUT2D eigenvalue weighted by atomic mass is 10.1. The molecule has 2 heterocycles. The number of hydrogen-bond acceptors (Lipinski definition) is 5. The molecule has 2 N–H and O–H groups in total. The molecule has 19 heavy (non-hydrogen) atoms. The van der Waals surface area contributed by atoms with Crippen LogP contribution in [-0.2, 0) is 5.54 Å². The van der Waals surface area contributed by atoms with Gasteiger partial charge in [0.15, 0.2) is 0 Å². The first-order valence-electron chi connectivity index (χ1n) is 6.05. The predicted molar refractivity (Wildman–Crippen MR) is 73.1 cm³/mol. The van der Waals surface area contributed by atoms with Crippen LogP contribution in [0.1, 0.15) is 55.1 Å². The molecule has 102 valence electrons. The van der Waals surface area contributed by atoms with E-state index in [2.05, 4.69) is 25.5 Å². The third-order valence-electron chi connectivity index (χ3n) is 2.65. The lowest BCUT2D eigenvalue weighted by Crippen LogP contribution is -2.41. The van der Waals surface area contributed by atoms with E-state index in [4.69, 9.17) is 0 Å². The minimum absolute atomic E-state index is 0.160. The number of rotatable bonds is 4. The van der Waals surface area contributed by atoms with Crippen molar-refractivity contribution in [1.29, 1.82) is 0 Å². The van der Waals surface area contributed by atoms with Gasteiger partial charge < -0.3 is 5.32 Å². The third-order valence-corrected chi connectivity index (χ3v) is 3.74. The minimum atomic E-state index is -0.538. The van der Waals surface area contributed by atoms with E-state index in [0.717, 1.165) is 5.01 Å². The summed E-state index contributed by atoms with van der Waals surface area (Å²) in [6.45, 7) is 7.78. The van der Waals surface area contributed by atoms with E-state index in [1.807, 2.05) is 33.1 Å². The molecule has 6 nitrogen and oxygen atoms in total. The quantitative estimate of drug-likeness (QED) is 0.897. The Morgan fingerprint density at radius 3 is 2.74 bits per heavy atom. The zero-order chi connectivity index (χ0) is 14.0. The van der Waals surface area contributed by atoms with Crippen molar-refractivity contribution in [2.24, 2.45) is 0 Å². The first-order chi connectivity index (χ1) is 8.90. The summed E-state index contributed by atoms with van der Waals surface area (Å²) in [4.78, 5) is 20.5. The van der Waals surface area contributed by atoms with Gasteiger partial charge in [-0.05, 0) is 13.8 Å². The van der Waals surface area contributed by atoms with Gasteiger partial charge in [-0.2, -0.15) is 0 Å². The van der Waals surface area contributed by atoms with Crippen molar-refractivity contribution >= 4 is 17.2 Å². The van der Waals surface area contributed by atoms with Gasteiger partial charge in [0.25, 0.3) is 5.91 Å². The summed E-state index contributed by atoms with van der Waals surface area (Å²) in [6.07, 6.45) is 1.72. The molecule has 0 aliphatic rings. The fourth-order valence-electron chi connectivity index (χ4n) is 1.56. The maximum Gasteiger partial charge on any atom is 0.291 e. The number of aromatic amines is 1. The molecule has 0 radical (unpaired) electrons. The van der Waals surface area contributed by atoms with Gasteiger partial charge in [0, 0.05) is 17.5 Å². The molecule has 2 aromatic rings. The van der Waals surface area contributed by atoms with Gasteiger partial charge in [-0.3, -0.25) is 9.89 Å². The Hall–Kier alpha value is -1.76. The number of hydrogen-bond donors (Lipinski definition) is 2. The van der Waals surface area contributed by atoms with Crippen LogP contribution in [0, 0.1) is 0 Å². The Kier molecular flexibility index (Phi) is 3.66. The first kappa shape index (κ1) is 13.7. The monoisotopic (exact) mass is 279 g/mol. The second-order valence-electron chi connectivity index (χ2n) is 5.12. The van der Waals surface area contributed by atoms with Crippen LogP contribution in [0.2, 0.25) is 0 Å². The molecule has 2 aromatic heterocycles. The molecule has 0 atom stereocenters. The average Bonchev–Trinajstić information content (AvgIpc) is 3.00. The maximum atomic E-state index is 12.1. The van der Waals surface area contributed by atoms with Crippen LogP contribution in [0.4, 0.5) is 0 Å². The summed E-state index contributed by atoms with van der Waals surface area (Å²) >= 11 is 1.50. The molecule has 1 amide bonds. The fraction of sp³-hybridized carbons (Fsp3) is 0.500. The van der Waals surface area contributed by atoms with E-state index in [1.165, 1.54) is 11.3 Å². The van der Waals surface area contributed by atoms with Crippen molar-refractivity contribution in [3.8, 4) is 0 Å². The van der Waals surface area contributed by atoms with Crippen molar-refractivity contribution in [2.75, 3.05) is 0 Å². The van der Waals surface area contributed by atoms with Gasteiger partial charge >= 0.3 is 0 Å². The summed E-state index contributed by atoms with van der Waals surface area (Å²) in [6, 6.07) is 0. The second kappa shape index (κ2) is 5.08. The lowest BCUT2D eigenvalue weighted by Gasteiger charge is -2.22. The molecular formula is C12H17N5OS. The Morgan fingerprint density at radius 2 is 2.21 bits per heavy atom. The second-order valence-corrected chi connectivity index (χ2v) is 6.01. The highest BCUT2D eigenvalue weighted by Gasteiger charge is 2.27. The largest absolute Gasteiger partial charge is 0.338 e. The van der Waals surface area contributed by atoms with Gasteiger partial charge in [-0.25, -0.2) is 9.97 Å². The fourth-order valence-corrected chi connectivity index (χ4v) is 2.28. The van der Waals surface area contributed by atoms with Crippen LogP contribution in [-0.4, -0.2) is 26.1 Å². The topological polar surface area (TPSA) is 83.6 Å². The third kappa shape index (κ3) is 2.98. The highest BCUT2D eigenvalue weighted by molar-refractivity contribution is 7.09. The smallest absolute Gasteiger partial charge is 0.291 e. The Bertz CT molecular complexity index is 558. The molecule has 0 spiro atoms. The van der Waals surface area contributed by atoms with Crippen LogP contribution in [0.5, 0.6) is 0 Å². The van der Waals surface area contributed by atoms with Gasteiger partial charge in [-0.15, -0.1) is 16.4 Å². The zero-order valence-electron chi connectivity index (χ0n) is 11.4. The highest BCUT2D eigenvalue weighted by Crippen LogP contribution is 2.22. The Balaban J connectivity index is 2.12. The van der Waals surface area contributed by atoms with Crippen molar-refractivity contribution in [1.82, 2.24) is 25.5 Å². The number of nitrogens with one attached hydrogen (secondary N) is 2. The summed E-state index contributed by atoms with van der Waals surface area (Å²) in [5.41, 5.74) is -0.538. The van der Waals surface area contributed by atoms with Crippen molar-refractivity contribution < 1.29 is 4.79 Å². The number of nitrogens with zero attached hydrogens (tertiary/aromatic N) is 3. The van der Waals surface area contributed by atoms with Crippen LogP contribution in [0.25, 0.3) is 0 Å². The van der Waals surface area contributed by atoms with Crippen molar-refractivity contribution in [3.05, 3.63) is 28.2 Å². The molecule has 2 rings (SSSR count). The van der Waals surface area contributed by atoms with Crippen LogP contribution < -0.4 is 5.32 Å². The molecule has 0 saturated carbocycles. The molecular weight excluding hydrogens is 262 g/mol. The molecule has 0 unspecified atom stereocenters. The molecule has 0 bridgehead atoms. The van der Waals surface area contributed by atoms with E-state index < -0.39 is 5.54 Å². The molecule has 0 aliphatic carbocycles. The van der Waals surface area contributed by atoms with Crippen LogP contribution in [0.3, 0.4) is 0 Å². The van der Waals surface area contributed by atoms with E-state index in [-0.39, 0.29) is 17.6 Å².